The Morgan fingerprint density at radius 1 is 1.29 bits per heavy atom. The van der Waals surface area contributed by atoms with Crippen molar-refractivity contribution in [2.24, 2.45) is 0 Å². The quantitative estimate of drug-likeness (QED) is 0.712. The zero-order chi connectivity index (χ0) is 14.5. The van der Waals surface area contributed by atoms with Crippen molar-refractivity contribution < 1.29 is 5.11 Å². The van der Waals surface area contributed by atoms with Crippen molar-refractivity contribution >= 4 is 11.3 Å². The van der Waals surface area contributed by atoms with Gasteiger partial charge in [0, 0.05) is 24.2 Å². The summed E-state index contributed by atoms with van der Waals surface area (Å²) in [5.74, 6) is 0.322. The molecule has 0 bridgehead atoms. The van der Waals surface area contributed by atoms with Crippen molar-refractivity contribution in [2.45, 2.75) is 25.4 Å². The lowest BCUT2D eigenvalue weighted by atomic mass is 10.1. The van der Waals surface area contributed by atoms with Crippen LogP contribution in [0, 0.1) is 0 Å². The summed E-state index contributed by atoms with van der Waals surface area (Å²) in [4.78, 5) is 8.58. The van der Waals surface area contributed by atoms with E-state index in [4.69, 9.17) is 0 Å². The maximum atomic E-state index is 9.90. The highest BCUT2D eigenvalue weighted by Crippen LogP contribution is 2.18. The number of tetrazole rings is 1. The van der Waals surface area contributed by atoms with Gasteiger partial charge in [0.15, 0.2) is 0 Å². The van der Waals surface area contributed by atoms with Crippen LogP contribution in [0.5, 0.6) is 0 Å². The number of H-pyrrole nitrogens is 1. The van der Waals surface area contributed by atoms with Gasteiger partial charge in [-0.1, -0.05) is 5.21 Å². The molecule has 1 atom stereocenters. The molecule has 3 heterocycles. The summed E-state index contributed by atoms with van der Waals surface area (Å²) in [6.07, 6.45) is 4.87. The molecule has 0 aliphatic heterocycles. The number of nitrogens with one attached hydrogen (secondary N) is 1. The second-order valence-corrected chi connectivity index (χ2v) is 5.53. The summed E-state index contributed by atoms with van der Waals surface area (Å²) >= 11 is 1.63. The van der Waals surface area contributed by atoms with Crippen LogP contribution in [0.3, 0.4) is 0 Å². The van der Waals surface area contributed by atoms with Gasteiger partial charge in [-0.25, -0.2) is 4.98 Å². The molecule has 0 saturated heterocycles. The van der Waals surface area contributed by atoms with E-state index >= 15 is 0 Å². The van der Waals surface area contributed by atoms with Crippen molar-refractivity contribution in [3.63, 3.8) is 0 Å². The van der Waals surface area contributed by atoms with Crippen LogP contribution in [-0.4, -0.2) is 35.7 Å². The highest BCUT2D eigenvalue weighted by Gasteiger charge is 2.13. The van der Waals surface area contributed by atoms with Crippen LogP contribution in [0.25, 0.3) is 0 Å². The summed E-state index contributed by atoms with van der Waals surface area (Å²) in [7, 11) is 0. The number of aliphatic hydroxyl groups is 1. The van der Waals surface area contributed by atoms with Crippen molar-refractivity contribution in [3.05, 3.63) is 52.0 Å². The molecule has 3 aromatic heterocycles. The van der Waals surface area contributed by atoms with Crippen LogP contribution in [0.15, 0.2) is 29.9 Å². The Bertz CT molecular complexity index is 669. The van der Waals surface area contributed by atoms with Crippen molar-refractivity contribution in [1.29, 1.82) is 0 Å². The number of nitrogens with zero attached hydrogens (tertiary/aromatic N) is 5. The van der Waals surface area contributed by atoms with E-state index in [-0.39, 0.29) is 0 Å². The van der Waals surface area contributed by atoms with Crippen LogP contribution >= 0.6 is 11.3 Å². The topological polar surface area (TPSA) is 100 Å². The van der Waals surface area contributed by atoms with Gasteiger partial charge in [-0.3, -0.25) is 4.98 Å². The van der Waals surface area contributed by atoms with Crippen LogP contribution in [0.1, 0.15) is 34.6 Å². The van der Waals surface area contributed by atoms with E-state index in [1.54, 1.807) is 23.7 Å². The number of aliphatic hydroxyl groups excluding tert-OH is 1. The van der Waals surface area contributed by atoms with Crippen LogP contribution in [0.4, 0.5) is 0 Å². The van der Waals surface area contributed by atoms with Crippen LogP contribution in [0.2, 0.25) is 0 Å². The smallest absolute Gasteiger partial charge is 0.202 e. The molecule has 0 aromatic carbocycles. The molecule has 8 heteroatoms. The van der Waals surface area contributed by atoms with Gasteiger partial charge >= 0.3 is 0 Å². The fourth-order valence-electron chi connectivity index (χ4n) is 1.94. The lowest BCUT2D eigenvalue weighted by molar-refractivity contribution is 0.157. The van der Waals surface area contributed by atoms with Gasteiger partial charge in [0.25, 0.3) is 0 Å². The predicted octanol–water partition coefficient (Wildman–Crippen LogP) is 1.31. The molecule has 0 radical (unpaired) electrons. The molecule has 0 spiro atoms. The molecule has 108 valence electrons. The van der Waals surface area contributed by atoms with E-state index in [1.165, 1.54) is 5.56 Å². The van der Waals surface area contributed by atoms with E-state index in [0.717, 1.165) is 17.1 Å². The zero-order valence-corrected chi connectivity index (χ0v) is 12.0. The molecule has 0 aliphatic rings. The first kappa shape index (κ1) is 13.8. The summed E-state index contributed by atoms with van der Waals surface area (Å²) in [5, 5.41) is 26.3. The van der Waals surface area contributed by atoms with Gasteiger partial charge in [0.2, 0.25) is 5.82 Å². The summed E-state index contributed by atoms with van der Waals surface area (Å²) in [6.45, 7) is 0. The van der Waals surface area contributed by atoms with E-state index in [2.05, 4.69) is 30.6 Å². The molecular weight excluding hydrogens is 288 g/mol. The van der Waals surface area contributed by atoms with Crippen molar-refractivity contribution in [1.82, 2.24) is 30.6 Å². The largest absolute Gasteiger partial charge is 0.385 e. The highest BCUT2D eigenvalue weighted by molar-refractivity contribution is 7.09. The molecule has 2 N–H and O–H groups in total. The fraction of sp³-hybridized carbons (Fsp3) is 0.308. The number of aromatic nitrogens is 6. The number of aromatic amines is 1. The number of pyridine rings is 1. The van der Waals surface area contributed by atoms with E-state index in [1.807, 2.05) is 17.5 Å². The monoisotopic (exact) mass is 302 g/mol. The second-order valence-electron chi connectivity index (χ2n) is 4.59. The third-order valence-electron chi connectivity index (χ3n) is 3.04. The van der Waals surface area contributed by atoms with Gasteiger partial charge in [-0.2, -0.15) is 5.21 Å². The minimum Gasteiger partial charge on any atom is -0.385 e. The van der Waals surface area contributed by atoms with Gasteiger partial charge in [0.1, 0.15) is 6.10 Å². The van der Waals surface area contributed by atoms with Gasteiger partial charge < -0.3 is 5.11 Å². The standard InChI is InChI=1S/C13H14N6OS/c20-11(13-16-18-19-17-13)2-1-10-8-21-12(15-10)7-9-3-5-14-6-4-9/h3-6,8,11,20H,1-2,7H2,(H,16,17,18,19). The summed E-state index contributed by atoms with van der Waals surface area (Å²) < 4.78 is 0. The van der Waals surface area contributed by atoms with E-state index < -0.39 is 6.10 Å². The Hall–Kier alpha value is -2.19. The lowest BCUT2D eigenvalue weighted by Gasteiger charge is -2.03. The third kappa shape index (κ3) is 3.67. The molecule has 3 rings (SSSR count). The molecule has 0 saturated carbocycles. The Labute approximate surface area is 125 Å². The average molecular weight is 302 g/mol. The first-order valence-corrected chi connectivity index (χ1v) is 7.43. The minimum absolute atomic E-state index is 0.322. The van der Waals surface area contributed by atoms with E-state index in [0.29, 0.717) is 18.7 Å². The predicted molar refractivity (Wildman–Crippen MR) is 76.6 cm³/mol. The second kappa shape index (κ2) is 6.51. The average Bonchev–Trinajstić information content (AvgIpc) is 3.17. The number of hydrogen-bond acceptors (Lipinski definition) is 7. The molecular formula is C13H14N6OS. The molecule has 7 nitrogen and oxygen atoms in total. The number of rotatable bonds is 6. The minimum atomic E-state index is -0.714. The van der Waals surface area contributed by atoms with Gasteiger partial charge in [0.05, 0.1) is 10.7 Å². The van der Waals surface area contributed by atoms with Crippen molar-refractivity contribution in [2.75, 3.05) is 0 Å². The lowest BCUT2D eigenvalue weighted by Crippen LogP contribution is -2.02. The maximum absolute atomic E-state index is 9.90. The fourth-order valence-corrected chi connectivity index (χ4v) is 2.81. The highest BCUT2D eigenvalue weighted by atomic mass is 32.1. The third-order valence-corrected chi connectivity index (χ3v) is 3.94. The Morgan fingerprint density at radius 3 is 2.90 bits per heavy atom. The first-order chi connectivity index (χ1) is 10.3. The van der Waals surface area contributed by atoms with Crippen LogP contribution in [-0.2, 0) is 12.8 Å². The zero-order valence-electron chi connectivity index (χ0n) is 11.2. The molecule has 1 unspecified atom stereocenters. The molecule has 0 amide bonds. The molecule has 3 aromatic rings. The summed E-state index contributed by atoms with van der Waals surface area (Å²) in [6, 6.07) is 3.97. The summed E-state index contributed by atoms with van der Waals surface area (Å²) in [5.41, 5.74) is 2.17. The van der Waals surface area contributed by atoms with E-state index in [9.17, 15) is 5.11 Å². The Kier molecular flexibility index (Phi) is 4.27. The Morgan fingerprint density at radius 2 is 2.14 bits per heavy atom. The van der Waals surface area contributed by atoms with Gasteiger partial charge in [-0.15, -0.1) is 21.5 Å². The maximum Gasteiger partial charge on any atom is 0.202 e. The van der Waals surface area contributed by atoms with Crippen molar-refractivity contribution in [3.8, 4) is 0 Å². The number of aryl methyl sites for hydroxylation is 1. The number of hydrogen-bond donors (Lipinski definition) is 2. The SMILES string of the molecule is OC(CCc1csc(Cc2ccncc2)n1)c1nn[nH]n1. The number of thiazole rings is 1. The molecule has 21 heavy (non-hydrogen) atoms. The van der Waals surface area contributed by atoms with Gasteiger partial charge in [-0.05, 0) is 30.5 Å². The normalized spacial score (nSPS) is 12.4. The van der Waals surface area contributed by atoms with Crippen LogP contribution < -0.4 is 0 Å². The Balaban J connectivity index is 1.55. The molecule has 0 aliphatic carbocycles. The first-order valence-electron chi connectivity index (χ1n) is 6.55. The molecule has 0 fully saturated rings.